The third-order valence-corrected chi connectivity index (χ3v) is 2.90. The van der Waals surface area contributed by atoms with Crippen molar-refractivity contribution in [3.63, 3.8) is 0 Å². The fourth-order valence-electron chi connectivity index (χ4n) is 1.93. The summed E-state index contributed by atoms with van der Waals surface area (Å²) in [5, 5.41) is 2.99. The topological polar surface area (TPSA) is 42.8 Å². The van der Waals surface area contributed by atoms with Gasteiger partial charge in [-0.2, -0.15) is 0 Å². The zero-order valence-corrected chi connectivity index (χ0v) is 11.7. The number of aliphatic imine (C=N–C) groups is 1. The molecule has 1 N–H and O–H groups in total. The van der Waals surface area contributed by atoms with Crippen LogP contribution in [0.2, 0.25) is 0 Å². The zero-order valence-electron chi connectivity index (χ0n) is 11.7. The Morgan fingerprint density at radius 3 is 2.65 bits per heavy atom. The van der Waals surface area contributed by atoms with E-state index in [1.54, 1.807) is 18.2 Å². The Hall–Kier alpha value is -1.52. The third-order valence-electron chi connectivity index (χ3n) is 2.90. The van der Waals surface area contributed by atoms with Crippen LogP contribution in [-0.2, 0) is 0 Å². The van der Waals surface area contributed by atoms with Crippen LogP contribution in [0.3, 0.4) is 0 Å². The molecule has 1 aromatic carbocycles. The zero-order chi connectivity index (χ0) is 14.7. The number of hydrogen-bond donors (Lipinski definition) is 1. The SMILES string of the molecule is CC.[B]c1ccc2c(c1)OCC(C1=NC([B])C([B])N1)O2. The molecule has 0 amide bonds. The van der Waals surface area contributed by atoms with Gasteiger partial charge in [-0.15, -0.1) is 0 Å². The van der Waals surface area contributed by atoms with Gasteiger partial charge in [-0.1, -0.05) is 25.4 Å². The van der Waals surface area contributed by atoms with Crippen molar-refractivity contribution in [3.05, 3.63) is 18.2 Å². The van der Waals surface area contributed by atoms with Gasteiger partial charge >= 0.3 is 0 Å². The molecule has 20 heavy (non-hydrogen) atoms. The van der Waals surface area contributed by atoms with Gasteiger partial charge in [0.25, 0.3) is 0 Å². The summed E-state index contributed by atoms with van der Waals surface area (Å²) in [4.78, 5) is 4.21. The minimum atomic E-state index is -0.448. The molecule has 3 atom stereocenters. The van der Waals surface area contributed by atoms with E-state index in [1.165, 1.54) is 0 Å². The first-order chi connectivity index (χ1) is 9.63. The van der Waals surface area contributed by atoms with Gasteiger partial charge in [0.15, 0.2) is 17.6 Å². The number of rotatable bonds is 1. The second-order valence-electron chi connectivity index (χ2n) is 4.30. The standard InChI is InChI=1S/C11H9B3N2O2.C2H6/c12-5-1-2-6-7(3-5)17-4-8(18-6)11-15-9(13)10(14)16-11;1-2/h1-3,8-10H,4H2,(H,15,16);1-2H3. The molecular weight excluding hydrogens is 249 g/mol. The lowest BCUT2D eigenvalue weighted by Gasteiger charge is -2.27. The summed E-state index contributed by atoms with van der Waals surface area (Å²) in [6.07, 6.45) is -0.319. The lowest BCUT2D eigenvalue weighted by Crippen LogP contribution is -2.45. The van der Waals surface area contributed by atoms with Crippen LogP contribution >= 0.6 is 0 Å². The second-order valence-corrected chi connectivity index (χ2v) is 4.30. The van der Waals surface area contributed by atoms with Crippen molar-refractivity contribution in [2.75, 3.05) is 6.61 Å². The smallest absolute Gasteiger partial charge is 0.189 e. The molecule has 0 fully saturated rings. The maximum atomic E-state index is 5.78. The highest BCUT2D eigenvalue weighted by molar-refractivity contribution is 6.32. The molecule has 4 nitrogen and oxygen atoms in total. The minimum Gasteiger partial charge on any atom is -0.485 e. The summed E-state index contributed by atoms with van der Waals surface area (Å²) < 4.78 is 11.4. The van der Waals surface area contributed by atoms with Crippen molar-refractivity contribution < 1.29 is 9.47 Å². The first-order valence-electron chi connectivity index (χ1n) is 6.68. The van der Waals surface area contributed by atoms with E-state index in [4.69, 9.17) is 33.0 Å². The van der Waals surface area contributed by atoms with E-state index in [-0.39, 0.29) is 12.0 Å². The Morgan fingerprint density at radius 2 is 2.00 bits per heavy atom. The first-order valence-corrected chi connectivity index (χ1v) is 6.68. The highest BCUT2D eigenvalue weighted by Gasteiger charge is 2.31. The van der Waals surface area contributed by atoms with E-state index < -0.39 is 5.94 Å². The summed E-state index contributed by atoms with van der Waals surface area (Å²) in [5.74, 6) is 1.07. The van der Waals surface area contributed by atoms with Gasteiger partial charge in [0.1, 0.15) is 36.0 Å². The Kier molecular flexibility index (Phi) is 4.68. The number of amidine groups is 1. The molecule has 2 aliphatic rings. The molecule has 3 rings (SSSR count). The van der Waals surface area contributed by atoms with Gasteiger partial charge in [-0.3, -0.25) is 4.99 Å². The molecule has 0 bridgehead atoms. The van der Waals surface area contributed by atoms with E-state index in [1.807, 2.05) is 13.8 Å². The van der Waals surface area contributed by atoms with Crippen molar-refractivity contribution in [1.82, 2.24) is 5.32 Å². The fourth-order valence-corrected chi connectivity index (χ4v) is 1.93. The lowest BCUT2D eigenvalue weighted by atomic mass is 9.79. The van der Waals surface area contributed by atoms with E-state index in [0.717, 1.165) is 0 Å². The Balaban J connectivity index is 0.000000704. The number of nitrogens with one attached hydrogen (secondary N) is 1. The molecule has 98 valence electrons. The molecular formula is C13H15B3N2O2. The molecule has 7 heteroatoms. The van der Waals surface area contributed by atoms with Crippen LogP contribution in [0, 0.1) is 0 Å². The highest BCUT2D eigenvalue weighted by Crippen LogP contribution is 2.30. The molecule has 0 aromatic heterocycles. The van der Waals surface area contributed by atoms with Gasteiger partial charge in [0, 0.05) is 11.9 Å². The summed E-state index contributed by atoms with van der Waals surface area (Å²) in [6, 6.07) is 5.25. The minimum absolute atomic E-state index is 0.319. The quantitative estimate of drug-likeness (QED) is 0.704. The van der Waals surface area contributed by atoms with Crippen LogP contribution in [0.4, 0.5) is 0 Å². The third kappa shape index (κ3) is 2.97. The number of nitrogens with zero attached hydrogens (tertiary/aromatic N) is 1. The van der Waals surface area contributed by atoms with Gasteiger partial charge in [-0.05, 0) is 12.1 Å². The van der Waals surface area contributed by atoms with Crippen LogP contribution in [0.25, 0.3) is 0 Å². The van der Waals surface area contributed by atoms with Gasteiger partial charge in [0.2, 0.25) is 0 Å². The van der Waals surface area contributed by atoms with Crippen molar-refractivity contribution in [2.45, 2.75) is 31.8 Å². The van der Waals surface area contributed by atoms with E-state index >= 15 is 0 Å². The Bertz CT molecular complexity index is 510. The molecule has 3 unspecified atom stereocenters. The fraction of sp³-hybridized carbons (Fsp3) is 0.462. The van der Waals surface area contributed by atoms with E-state index in [2.05, 4.69) is 10.3 Å². The summed E-state index contributed by atoms with van der Waals surface area (Å²) in [6.45, 7) is 4.35. The molecule has 0 saturated carbocycles. The number of ether oxygens (including phenoxy) is 2. The lowest BCUT2D eigenvalue weighted by molar-refractivity contribution is 0.133. The average molecular weight is 264 g/mol. The van der Waals surface area contributed by atoms with E-state index in [0.29, 0.717) is 29.4 Å². The molecule has 0 spiro atoms. The summed E-state index contributed by atoms with van der Waals surface area (Å²) in [7, 11) is 17.1. The van der Waals surface area contributed by atoms with Crippen LogP contribution in [0.5, 0.6) is 11.5 Å². The Morgan fingerprint density at radius 1 is 1.25 bits per heavy atom. The molecule has 2 aliphatic heterocycles. The van der Waals surface area contributed by atoms with Crippen LogP contribution in [0.1, 0.15) is 13.8 Å². The predicted octanol–water partition coefficient (Wildman–Crippen LogP) is -0.363. The van der Waals surface area contributed by atoms with Crippen LogP contribution < -0.4 is 20.3 Å². The van der Waals surface area contributed by atoms with Gasteiger partial charge in [-0.25, -0.2) is 0 Å². The monoisotopic (exact) mass is 264 g/mol. The van der Waals surface area contributed by atoms with Crippen molar-refractivity contribution in [1.29, 1.82) is 0 Å². The first kappa shape index (κ1) is 14.9. The van der Waals surface area contributed by atoms with Crippen molar-refractivity contribution in [3.8, 4) is 11.5 Å². The number of hydrogen-bond acceptors (Lipinski definition) is 4. The average Bonchev–Trinajstić information content (AvgIpc) is 2.80. The number of fused-ring (bicyclic) bond motifs is 1. The van der Waals surface area contributed by atoms with Gasteiger partial charge < -0.3 is 14.8 Å². The molecule has 6 radical (unpaired) electrons. The van der Waals surface area contributed by atoms with Crippen LogP contribution in [-0.4, -0.2) is 54.0 Å². The molecule has 2 heterocycles. The maximum Gasteiger partial charge on any atom is 0.189 e. The summed E-state index contributed by atoms with van der Waals surface area (Å²) in [5.41, 5.74) is 0.635. The van der Waals surface area contributed by atoms with Gasteiger partial charge in [0.05, 0.1) is 0 Å². The van der Waals surface area contributed by atoms with E-state index in [9.17, 15) is 0 Å². The molecule has 0 saturated heterocycles. The molecule has 0 aliphatic carbocycles. The Labute approximate surface area is 123 Å². The van der Waals surface area contributed by atoms with Crippen molar-refractivity contribution >= 4 is 34.8 Å². The predicted molar refractivity (Wildman–Crippen MR) is 82.7 cm³/mol. The highest BCUT2D eigenvalue weighted by atomic mass is 16.6. The van der Waals surface area contributed by atoms with Crippen molar-refractivity contribution in [2.24, 2.45) is 4.99 Å². The molecule has 1 aromatic rings. The summed E-state index contributed by atoms with van der Waals surface area (Å²) >= 11 is 0. The maximum absolute atomic E-state index is 5.78. The number of benzene rings is 1. The largest absolute Gasteiger partial charge is 0.485 e. The van der Waals surface area contributed by atoms with Crippen LogP contribution in [0.15, 0.2) is 23.2 Å². The second kappa shape index (κ2) is 6.29. The normalized spacial score (nSPS) is 26.9.